The predicted octanol–water partition coefficient (Wildman–Crippen LogP) is -5.97. The van der Waals surface area contributed by atoms with E-state index in [0.717, 1.165) is 11.8 Å². The van der Waals surface area contributed by atoms with Gasteiger partial charge in [0.25, 0.3) is 0 Å². The van der Waals surface area contributed by atoms with E-state index in [0.29, 0.717) is 30.4 Å². The van der Waals surface area contributed by atoms with Crippen molar-refractivity contribution in [3.05, 3.63) is 71.8 Å². The van der Waals surface area contributed by atoms with Gasteiger partial charge in [-0.25, -0.2) is 4.79 Å². The fourth-order valence-electron chi connectivity index (χ4n) is 10.8. The maximum Gasteiger partial charge on any atom is 0.328 e. The number of amides is 11. The largest absolute Gasteiger partial charge is 0.480 e. The van der Waals surface area contributed by atoms with Crippen LogP contribution < -0.4 is 76.5 Å². The van der Waals surface area contributed by atoms with Crippen LogP contribution in [0, 0.1) is 11.8 Å². The number of benzene rings is 2. The van der Waals surface area contributed by atoms with Crippen molar-refractivity contribution < 1.29 is 78.0 Å². The molecule has 23 N–H and O–H groups in total. The van der Waals surface area contributed by atoms with Crippen molar-refractivity contribution >= 4 is 82.9 Å². The van der Waals surface area contributed by atoms with Gasteiger partial charge in [-0.1, -0.05) is 94.8 Å². The lowest BCUT2D eigenvalue weighted by atomic mass is 9.98. The molecule has 0 saturated carbocycles. The molecular weight excluding hydrogens is 1260 g/mol. The van der Waals surface area contributed by atoms with Gasteiger partial charge in [-0.2, -0.15) is 0 Å². The van der Waals surface area contributed by atoms with E-state index in [1.807, 2.05) is 12.2 Å². The smallest absolute Gasteiger partial charge is 0.328 e. The van der Waals surface area contributed by atoms with E-state index in [9.17, 15) is 78.0 Å². The van der Waals surface area contributed by atoms with Crippen molar-refractivity contribution in [1.29, 1.82) is 0 Å². The molecule has 2 heterocycles. The molecule has 536 valence electrons. The Morgan fingerprint density at radius 1 is 0.536 bits per heavy atom. The number of carboxylic acids is 1. The monoisotopic (exact) mass is 1360 g/mol. The van der Waals surface area contributed by atoms with Crippen molar-refractivity contribution in [3.63, 3.8) is 0 Å². The summed E-state index contributed by atoms with van der Waals surface area (Å²) >= 11 is 0. The van der Waals surface area contributed by atoms with Crippen LogP contribution >= 0.6 is 0 Å². The Labute approximate surface area is 562 Å². The summed E-state index contributed by atoms with van der Waals surface area (Å²) in [6, 6.07) is 1.57. The number of aliphatic hydroxyl groups is 3. The third kappa shape index (κ3) is 25.5. The molecule has 34 nitrogen and oxygen atoms in total. The lowest BCUT2D eigenvalue weighted by Gasteiger charge is -2.31. The van der Waals surface area contributed by atoms with Crippen LogP contribution in [0.3, 0.4) is 0 Å². The number of nitrogens with one attached hydrogen (secondary N) is 9. The van der Waals surface area contributed by atoms with Gasteiger partial charge < -0.3 is 107 Å². The first-order valence-corrected chi connectivity index (χ1v) is 32.4. The molecule has 0 radical (unpaired) electrons. The van der Waals surface area contributed by atoms with E-state index in [1.165, 1.54) is 4.90 Å². The summed E-state index contributed by atoms with van der Waals surface area (Å²) in [6.07, 6.45) is -0.0842. The fourth-order valence-corrected chi connectivity index (χ4v) is 10.8. The van der Waals surface area contributed by atoms with Gasteiger partial charge in [0.05, 0.1) is 31.9 Å². The summed E-state index contributed by atoms with van der Waals surface area (Å²) in [4.78, 5) is 176. The molecule has 0 unspecified atom stereocenters. The average molecular weight is 1360 g/mol. The molecule has 0 bridgehead atoms. The number of nitrogens with two attached hydrogens (primary N) is 5. The van der Waals surface area contributed by atoms with E-state index in [-0.39, 0.29) is 95.4 Å². The Bertz CT molecular complexity index is 3060. The normalized spacial score (nSPS) is 17.7. The number of carbonyl (C=O) groups is 12. The zero-order chi connectivity index (χ0) is 72.1. The topological polar surface area (TPSA) is 555 Å². The lowest BCUT2D eigenvalue weighted by Crippen LogP contribution is -2.61. The summed E-state index contributed by atoms with van der Waals surface area (Å²) in [5, 5.41) is 62.7. The molecule has 2 aliphatic rings. The standard InChI is InChI=1S/C63H98N18O16/c1-6-35(4)48(64)56(91)74-40(22-14-26-70-63(67)68)59(94)80-27-16-24-46(80)55(90)78-49(34(2)3)57(92)71-31-47(85)72-41(29-37-17-9-7-10-18-37)52(87)76-43(32-82)60(95)81-28-15-23-45(81)54(89)75-42(30-38-19-11-8-12-20-38)53(88)73-39(21-13-25-69-62(65)66)51(86)79-50(36(5)84)58(93)77-44(33-83)61(96)97/h7-12,17-20,34-36,39-46,48-50,82-84H,6,13-16,21-33,64H2,1-5H3,(H,71,92)(H,72,85)(H,73,88)(H,74,91)(H,75,89)(H,76,87)(H,77,93)(H,78,90)(H,79,86)(H,96,97)(H4,65,66,69)(H4,67,68,70)/t35-,36+,39-,40-,41-,42-,43-,44-,45-,46-,48-,49-,50-/m0/s1. The summed E-state index contributed by atoms with van der Waals surface area (Å²) < 4.78 is 0. The molecule has 2 aromatic rings. The molecule has 13 atom stereocenters. The molecule has 0 aromatic heterocycles. The number of likely N-dealkylation sites (tertiary alicyclic amines) is 2. The van der Waals surface area contributed by atoms with Crippen LogP contribution in [0.15, 0.2) is 70.6 Å². The third-order valence-electron chi connectivity index (χ3n) is 16.6. The van der Waals surface area contributed by atoms with Gasteiger partial charge in [0.1, 0.15) is 60.4 Å². The quantitative estimate of drug-likeness (QED) is 0.0168. The number of aliphatic hydroxyl groups excluding tert-OH is 3. The van der Waals surface area contributed by atoms with Gasteiger partial charge in [-0.3, -0.25) is 62.7 Å². The summed E-state index contributed by atoms with van der Waals surface area (Å²) in [5.41, 5.74) is 29.2. The van der Waals surface area contributed by atoms with Gasteiger partial charge >= 0.3 is 5.97 Å². The van der Waals surface area contributed by atoms with Gasteiger partial charge in [0, 0.05) is 39.0 Å². The Morgan fingerprint density at radius 2 is 0.979 bits per heavy atom. The van der Waals surface area contributed by atoms with E-state index in [4.69, 9.17) is 28.7 Å². The van der Waals surface area contributed by atoms with Crippen LogP contribution in [0.2, 0.25) is 0 Å². The SMILES string of the molecule is CC[C@H](C)[C@H](N)C(=O)N[C@@H](CCCN=C(N)N)C(=O)N1CCC[C@H]1C(=O)N[C@H](C(=O)NCC(=O)N[C@@H](Cc1ccccc1)C(=O)N[C@@H](CO)C(=O)N1CCC[C@H]1C(=O)N[C@@H](Cc1ccccc1)C(=O)N[C@@H](CCCN=C(N)N)C(=O)N[C@H](C(=O)N[C@@H](CO)C(=O)O)[C@@H](C)O)C(C)C. The summed E-state index contributed by atoms with van der Waals surface area (Å²) in [5.74, 6) is -12.0. The van der Waals surface area contributed by atoms with Crippen LogP contribution in [0.5, 0.6) is 0 Å². The van der Waals surface area contributed by atoms with Gasteiger partial charge in [0.2, 0.25) is 65.0 Å². The van der Waals surface area contributed by atoms with Crippen LogP contribution in [0.25, 0.3) is 0 Å². The maximum atomic E-state index is 14.4. The van der Waals surface area contributed by atoms with Crippen molar-refractivity contribution in [2.75, 3.05) is 45.9 Å². The Kier molecular flexibility index (Phi) is 33.0. The van der Waals surface area contributed by atoms with Crippen molar-refractivity contribution in [2.24, 2.45) is 50.5 Å². The highest BCUT2D eigenvalue weighted by Crippen LogP contribution is 2.23. The Morgan fingerprint density at radius 3 is 1.44 bits per heavy atom. The minimum absolute atomic E-state index is 0.0296. The Hall–Kier alpha value is -9.54. The first-order chi connectivity index (χ1) is 46.0. The molecular formula is C63H98N18O16. The highest BCUT2D eigenvalue weighted by Gasteiger charge is 2.43. The van der Waals surface area contributed by atoms with Crippen molar-refractivity contribution in [1.82, 2.24) is 57.7 Å². The molecule has 97 heavy (non-hydrogen) atoms. The molecule has 2 aromatic carbocycles. The van der Waals surface area contributed by atoms with Crippen molar-refractivity contribution in [3.8, 4) is 0 Å². The number of rotatable bonds is 39. The molecule has 34 heteroatoms. The van der Waals surface area contributed by atoms with Gasteiger partial charge in [-0.15, -0.1) is 0 Å². The third-order valence-corrected chi connectivity index (χ3v) is 16.6. The van der Waals surface area contributed by atoms with E-state index in [2.05, 4.69) is 52.5 Å². The van der Waals surface area contributed by atoms with Crippen LogP contribution in [0.1, 0.15) is 104 Å². The molecule has 0 spiro atoms. The molecule has 0 aliphatic carbocycles. The zero-order valence-electron chi connectivity index (χ0n) is 55.4. The maximum absolute atomic E-state index is 14.4. The molecule has 2 aliphatic heterocycles. The number of nitrogens with zero attached hydrogens (tertiary/aromatic N) is 4. The first kappa shape index (κ1) is 79.9. The number of guanidine groups is 2. The lowest BCUT2D eigenvalue weighted by molar-refractivity contribution is -0.144. The number of carboxylic acid groups (broad SMARTS) is 1. The second-order valence-electron chi connectivity index (χ2n) is 24.4. The van der Waals surface area contributed by atoms with Crippen molar-refractivity contribution in [2.45, 2.75) is 178 Å². The summed E-state index contributed by atoms with van der Waals surface area (Å²) in [6.45, 7) is 5.66. The number of carbonyl (C=O) groups excluding carboxylic acids is 11. The van der Waals surface area contributed by atoms with E-state index >= 15 is 0 Å². The zero-order valence-corrected chi connectivity index (χ0v) is 55.4. The van der Waals surface area contributed by atoms with Crippen LogP contribution in [-0.4, -0.2) is 232 Å². The molecule has 2 fully saturated rings. The molecule has 11 amide bonds. The highest BCUT2D eigenvalue weighted by atomic mass is 16.4. The number of aliphatic imine (C=N–C) groups is 2. The van der Waals surface area contributed by atoms with Gasteiger partial charge in [-0.05, 0) is 81.3 Å². The second-order valence-corrected chi connectivity index (χ2v) is 24.4. The fraction of sp³-hybridized carbons (Fsp3) is 0.587. The predicted molar refractivity (Wildman–Crippen MR) is 354 cm³/mol. The first-order valence-electron chi connectivity index (χ1n) is 32.4. The number of hydrogen-bond donors (Lipinski definition) is 18. The molecule has 2 saturated heterocycles. The second kappa shape index (κ2) is 40.1. The van der Waals surface area contributed by atoms with Gasteiger partial charge in [0.15, 0.2) is 11.9 Å². The highest BCUT2D eigenvalue weighted by molar-refractivity contribution is 5.99. The van der Waals surface area contributed by atoms with Crippen LogP contribution in [0.4, 0.5) is 0 Å². The average Bonchev–Trinajstić information content (AvgIpc) is 1.76. The Balaban J connectivity index is 1.50. The van der Waals surface area contributed by atoms with Crippen LogP contribution in [-0.2, 0) is 70.4 Å². The number of aliphatic carboxylic acids is 1. The van der Waals surface area contributed by atoms with E-state index in [1.54, 1.807) is 81.4 Å². The summed E-state index contributed by atoms with van der Waals surface area (Å²) in [7, 11) is 0. The van der Waals surface area contributed by atoms with E-state index < -0.39 is 169 Å². The minimum atomic E-state index is -1.80. The molecule has 4 rings (SSSR count). The minimum Gasteiger partial charge on any atom is -0.480 e. The number of hydrogen-bond acceptors (Lipinski definition) is 18.